The maximum absolute atomic E-state index is 10.7. The van der Waals surface area contributed by atoms with Gasteiger partial charge in [0.2, 0.25) is 0 Å². The average Bonchev–Trinajstić information content (AvgIpc) is 2.00. The second kappa shape index (κ2) is 5.91. The van der Waals surface area contributed by atoms with Crippen LogP contribution in [0.5, 0.6) is 0 Å². The lowest BCUT2D eigenvalue weighted by molar-refractivity contribution is -0.141. The van der Waals surface area contributed by atoms with E-state index in [1.165, 1.54) is 0 Å². The Balaban J connectivity index is 4.72. The van der Waals surface area contributed by atoms with Gasteiger partial charge in [-0.3, -0.25) is 4.79 Å². The number of carboxylic acid groups (broad SMARTS) is 1. The smallest absolute Gasteiger partial charge is 0.303 e. The number of hydrogen-bond donors (Lipinski definition) is 1. The van der Waals surface area contributed by atoms with E-state index in [2.05, 4.69) is 0 Å². The molecule has 3 heteroatoms. The van der Waals surface area contributed by atoms with Gasteiger partial charge < -0.3 is 9.84 Å². The molecule has 0 spiro atoms. The number of rotatable bonds is 6. The van der Waals surface area contributed by atoms with E-state index in [0.717, 1.165) is 5.57 Å². The molecule has 0 heterocycles. The van der Waals surface area contributed by atoms with E-state index in [9.17, 15) is 4.79 Å². The number of ether oxygens (including phenoxy) is 1. The van der Waals surface area contributed by atoms with Gasteiger partial charge in [-0.2, -0.15) is 0 Å². The van der Waals surface area contributed by atoms with E-state index in [4.69, 9.17) is 9.84 Å². The van der Waals surface area contributed by atoms with Crippen molar-refractivity contribution in [3.63, 3.8) is 0 Å². The monoisotopic (exact) mass is 214 g/mol. The van der Waals surface area contributed by atoms with Crippen molar-refractivity contribution in [2.75, 3.05) is 6.61 Å². The van der Waals surface area contributed by atoms with Gasteiger partial charge in [0, 0.05) is 12.0 Å². The summed E-state index contributed by atoms with van der Waals surface area (Å²) in [5.41, 5.74) is 0.769. The average molecular weight is 214 g/mol. The van der Waals surface area contributed by atoms with Gasteiger partial charge in [-0.1, -0.05) is 25.5 Å². The first-order valence-electron chi connectivity index (χ1n) is 5.28. The van der Waals surface area contributed by atoms with Crippen LogP contribution in [0, 0.1) is 5.41 Å². The zero-order valence-electron chi connectivity index (χ0n) is 10.3. The third-order valence-electron chi connectivity index (χ3n) is 2.21. The SMILES string of the molecule is CCOC(C=C(C)C)C(C)(C)CC(=O)O. The van der Waals surface area contributed by atoms with Gasteiger partial charge in [0.1, 0.15) is 0 Å². The maximum Gasteiger partial charge on any atom is 0.303 e. The summed E-state index contributed by atoms with van der Waals surface area (Å²) in [6.45, 7) is 10.3. The number of aliphatic carboxylic acids is 1. The largest absolute Gasteiger partial charge is 0.481 e. The van der Waals surface area contributed by atoms with Gasteiger partial charge in [-0.05, 0) is 20.8 Å². The molecule has 0 saturated heterocycles. The molecule has 0 fully saturated rings. The lowest BCUT2D eigenvalue weighted by Gasteiger charge is -2.31. The van der Waals surface area contributed by atoms with Crippen molar-refractivity contribution in [1.82, 2.24) is 0 Å². The van der Waals surface area contributed by atoms with E-state index in [0.29, 0.717) is 6.61 Å². The molecule has 88 valence electrons. The molecule has 0 aliphatic heterocycles. The summed E-state index contributed by atoms with van der Waals surface area (Å²) >= 11 is 0. The van der Waals surface area contributed by atoms with E-state index < -0.39 is 5.97 Å². The molecule has 1 atom stereocenters. The van der Waals surface area contributed by atoms with E-state index in [-0.39, 0.29) is 17.9 Å². The van der Waals surface area contributed by atoms with Crippen LogP contribution < -0.4 is 0 Å². The second-order valence-corrected chi connectivity index (χ2v) is 4.68. The minimum Gasteiger partial charge on any atom is -0.481 e. The molecule has 0 radical (unpaired) electrons. The minimum absolute atomic E-state index is 0.113. The third-order valence-corrected chi connectivity index (χ3v) is 2.21. The van der Waals surface area contributed by atoms with Gasteiger partial charge in [0.15, 0.2) is 0 Å². The Morgan fingerprint density at radius 2 is 2.00 bits per heavy atom. The number of carbonyl (C=O) groups is 1. The summed E-state index contributed by atoms with van der Waals surface area (Å²) in [6.07, 6.45) is 1.97. The van der Waals surface area contributed by atoms with E-state index in [1.807, 2.05) is 40.7 Å². The van der Waals surface area contributed by atoms with Gasteiger partial charge >= 0.3 is 5.97 Å². The lowest BCUT2D eigenvalue weighted by atomic mass is 9.82. The highest BCUT2D eigenvalue weighted by Gasteiger charge is 2.30. The van der Waals surface area contributed by atoms with Crippen LogP contribution in [-0.2, 0) is 9.53 Å². The van der Waals surface area contributed by atoms with Crippen LogP contribution in [0.15, 0.2) is 11.6 Å². The molecule has 0 aliphatic rings. The number of hydrogen-bond acceptors (Lipinski definition) is 2. The van der Waals surface area contributed by atoms with Crippen LogP contribution in [-0.4, -0.2) is 23.8 Å². The van der Waals surface area contributed by atoms with E-state index >= 15 is 0 Å². The van der Waals surface area contributed by atoms with E-state index in [1.54, 1.807) is 0 Å². The minimum atomic E-state index is -0.785. The van der Waals surface area contributed by atoms with Crippen LogP contribution in [0.25, 0.3) is 0 Å². The molecule has 0 aromatic rings. The van der Waals surface area contributed by atoms with Crippen molar-refractivity contribution in [2.45, 2.75) is 47.1 Å². The van der Waals surface area contributed by atoms with Crippen LogP contribution >= 0.6 is 0 Å². The normalized spacial score (nSPS) is 13.4. The number of carboxylic acids is 1. The summed E-state index contributed by atoms with van der Waals surface area (Å²) in [6, 6.07) is 0. The molecule has 0 amide bonds. The van der Waals surface area contributed by atoms with Crippen molar-refractivity contribution in [2.24, 2.45) is 5.41 Å². The predicted molar refractivity (Wildman–Crippen MR) is 60.9 cm³/mol. The first-order chi connectivity index (χ1) is 6.79. The zero-order valence-corrected chi connectivity index (χ0v) is 10.3. The Hall–Kier alpha value is -0.830. The topological polar surface area (TPSA) is 46.5 Å². The summed E-state index contributed by atoms with van der Waals surface area (Å²) in [7, 11) is 0. The highest BCUT2D eigenvalue weighted by molar-refractivity contribution is 5.67. The molecule has 0 bridgehead atoms. The van der Waals surface area contributed by atoms with Crippen LogP contribution in [0.3, 0.4) is 0 Å². The van der Waals surface area contributed by atoms with Crippen molar-refractivity contribution >= 4 is 5.97 Å². The third kappa shape index (κ3) is 5.57. The fraction of sp³-hybridized carbons (Fsp3) is 0.750. The van der Waals surface area contributed by atoms with Crippen LogP contribution in [0.2, 0.25) is 0 Å². The molecule has 1 N–H and O–H groups in total. The Morgan fingerprint density at radius 3 is 2.33 bits per heavy atom. The summed E-state index contributed by atoms with van der Waals surface area (Å²) in [4.78, 5) is 10.7. The Labute approximate surface area is 92.1 Å². The maximum atomic E-state index is 10.7. The highest BCUT2D eigenvalue weighted by atomic mass is 16.5. The molecule has 0 aromatic carbocycles. The molecule has 3 nitrogen and oxygen atoms in total. The standard InChI is InChI=1S/C12H22O3/c1-6-15-10(7-9(2)3)12(4,5)8-11(13)14/h7,10H,6,8H2,1-5H3,(H,13,14). The first-order valence-corrected chi connectivity index (χ1v) is 5.28. The zero-order chi connectivity index (χ0) is 12.1. The summed E-state index contributed by atoms with van der Waals surface area (Å²) in [5.74, 6) is -0.785. The van der Waals surface area contributed by atoms with Gasteiger partial charge in [0.05, 0.1) is 12.5 Å². The molecule has 0 aliphatic carbocycles. The van der Waals surface area contributed by atoms with Gasteiger partial charge in [0.25, 0.3) is 0 Å². The fourth-order valence-corrected chi connectivity index (χ4v) is 1.47. The first kappa shape index (κ1) is 14.2. The van der Waals surface area contributed by atoms with Gasteiger partial charge in [-0.15, -0.1) is 0 Å². The number of allylic oxidation sites excluding steroid dienone is 1. The van der Waals surface area contributed by atoms with Crippen molar-refractivity contribution in [3.8, 4) is 0 Å². The molecule has 0 rings (SSSR count). The Bertz CT molecular complexity index is 237. The van der Waals surface area contributed by atoms with Crippen molar-refractivity contribution < 1.29 is 14.6 Å². The molecular weight excluding hydrogens is 192 g/mol. The Kier molecular flexibility index (Phi) is 5.58. The Morgan fingerprint density at radius 1 is 1.47 bits per heavy atom. The van der Waals surface area contributed by atoms with Crippen molar-refractivity contribution in [1.29, 1.82) is 0 Å². The fourth-order valence-electron chi connectivity index (χ4n) is 1.47. The predicted octanol–water partition coefficient (Wildman–Crippen LogP) is 2.86. The lowest BCUT2D eigenvalue weighted by Crippen LogP contribution is -2.33. The van der Waals surface area contributed by atoms with Crippen LogP contribution in [0.4, 0.5) is 0 Å². The summed E-state index contributed by atoms with van der Waals surface area (Å²) in [5, 5.41) is 8.82. The molecule has 15 heavy (non-hydrogen) atoms. The quantitative estimate of drug-likeness (QED) is 0.691. The molecule has 0 saturated carbocycles. The van der Waals surface area contributed by atoms with Crippen molar-refractivity contribution in [3.05, 3.63) is 11.6 Å². The summed E-state index contributed by atoms with van der Waals surface area (Å²) < 4.78 is 5.58. The molecule has 0 aromatic heterocycles. The molecular formula is C12H22O3. The van der Waals surface area contributed by atoms with Gasteiger partial charge in [-0.25, -0.2) is 0 Å². The van der Waals surface area contributed by atoms with Crippen LogP contribution in [0.1, 0.15) is 41.0 Å². The highest BCUT2D eigenvalue weighted by Crippen LogP contribution is 2.29. The second-order valence-electron chi connectivity index (χ2n) is 4.68. The molecule has 1 unspecified atom stereocenters.